The van der Waals surface area contributed by atoms with Crippen LogP contribution >= 0.6 is 0 Å². The second kappa shape index (κ2) is 5.94. The van der Waals surface area contributed by atoms with Crippen LogP contribution in [0.2, 0.25) is 0 Å². The van der Waals surface area contributed by atoms with Gasteiger partial charge in [0.2, 0.25) is 0 Å². The molecule has 0 spiro atoms. The number of hydrogen-bond acceptors (Lipinski definition) is 3. The average Bonchev–Trinajstić information content (AvgIpc) is 3.05. The molecule has 2 aromatic carbocycles. The smallest absolute Gasteiger partial charge is 0.265 e. The molecular formula is C18H12F2N4O. The SMILES string of the molecule is O=c1c2cc(-c3ccc(F)cc3)nn2cnn1Cc1ccc(F)cc1. The van der Waals surface area contributed by atoms with Crippen LogP contribution < -0.4 is 5.56 Å². The summed E-state index contributed by atoms with van der Waals surface area (Å²) < 4.78 is 28.7. The first-order valence-corrected chi connectivity index (χ1v) is 7.56. The quantitative estimate of drug-likeness (QED) is 0.577. The Labute approximate surface area is 140 Å². The number of hydrogen-bond donors (Lipinski definition) is 0. The second-order valence-electron chi connectivity index (χ2n) is 5.59. The highest BCUT2D eigenvalue weighted by molar-refractivity contribution is 5.65. The molecule has 0 bridgehead atoms. The van der Waals surface area contributed by atoms with Crippen molar-refractivity contribution in [2.75, 3.05) is 0 Å². The molecule has 0 aliphatic carbocycles. The van der Waals surface area contributed by atoms with E-state index in [0.717, 1.165) is 5.56 Å². The van der Waals surface area contributed by atoms with Crippen LogP contribution in [-0.4, -0.2) is 19.4 Å². The molecule has 0 aliphatic rings. The van der Waals surface area contributed by atoms with Crippen LogP contribution in [-0.2, 0) is 6.54 Å². The third-order valence-electron chi connectivity index (χ3n) is 3.88. The number of rotatable bonds is 3. The molecule has 124 valence electrons. The van der Waals surface area contributed by atoms with E-state index in [2.05, 4.69) is 10.2 Å². The van der Waals surface area contributed by atoms with Gasteiger partial charge >= 0.3 is 0 Å². The van der Waals surface area contributed by atoms with Crippen molar-refractivity contribution in [3.8, 4) is 11.3 Å². The molecule has 25 heavy (non-hydrogen) atoms. The predicted octanol–water partition coefficient (Wildman–Crippen LogP) is 2.88. The molecule has 0 amide bonds. The Morgan fingerprint density at radius 3 is 2.24 bits per heavy atom. The Kier molecular flexibility index (Phi) is 3.61. The number of halogens is 2. The summed E-state index contributed by atoms with van der Waals surface area (Å²) in [6.07, 6.45) is 1.44. The molecule has 0 unspecified atom stereocenters. The van der Waals surface area contributed by atoms with E-state index < -0.39 is 0 Å². The first-order chi connectivity index (χ1) is 12.1. The van der Waals surface area contributed by atoms with Crippen molar-refractivity contribution in [3.63, 3.8) is 0 Å². The molecule has 0 atom stereocenters. The van der Waals surface area contributed by atoms with Crippen LogP contribution in [0.15, 0.2) is 65.7 Å². The molecule has 4 rings (SSSR count). The van der Waals surface area contributed by atoms with Gasteiger partial charge in [-0.15, -0.1) is 0 Å². The molecular weight excluding hydrogens is 326 g/mol. The normalized spacial score (nSPS) is 11.1. The van der Waals surface area contributed by atoms with Gasteiger partial charge in [0, 0.05) is 5.56 Å². The molecule has 0 fully saturated rings. The van der Waals surface area contributed by atoms with E-state index in [-0.39, 0.29) is 23.7 Å². The van der Waals surface area contributed by atoms with Crippen LogP contribution in [0.5, 0.6) is 0 Å². The fourth-order valence-electron chi connectivity index (χ4n) is 2.58. The van der Waals surface area contributed by atoms with Crippen LogP contribution in [0.25, 0.3) is 16.8 Å². The summed E-state index contributed by atoms with van der Waals surface area (Å²) in [4.78, 5) is 12.6. The van der Waals surface area contributed by atoms with Crippen molar-refractivity contribution in [3.05, 3.63) is 88.5 Å². The Hall–Kier alpha value is -3.35. The third-order valence-corrected chi connectivity index (χ3v) is 3.88. The zero-order chi connectivity index (χ0) is 17.4. The number of fused-ring (bicyclic) bond motifs is 1. The molecule has 0 saturated carbocycles. The highest BCUT2D eigenvalue weighted by Gasteiger charge is 2.10. The van der Waals surface area contributed by atoms with Gasteiger partial charge < -0.3 is 0 Å². The van der Waals surface area contributed by atoms with Gasteiger partial charge in [-0.3, -0.25) is 4.79 Å². The first-order valence-electron chi connectivity index (χ1n) is 7.56. The van der Waals surface area contributed by atoms with Crippen molar-refractivity contribution >= 4 is 5.52 Å². The molecule has 5 nitrogen and oxygen atoms in total. The molecule has 4 aromatic rings. The summed E-state index contributed by atoms with van der Waals surface area (Å²) in [7, 11) is 0. The lowest BCUT2D eigenvalue weighted by Crippen LogP contribution is -2.25. The molecule has 2 heterocycles. The molecule has 0 aliphatic heterocycles. The molecule has 2 aromatic heterocycles. The van der Waals surface area contributed by atoms with Crippen molar-refractivity contribution in [1.29, 1.82) is 0 Å². The topological polar surface area (TPSA) is 52.2 Å². The van der Waals surface area contributed by atoms with Crippen LogP contribution in [0, 0.1) is 11.6 Å². The van der Waals surface area contributed by atoms with Gasteiger partial charge in [0.05, 0.1) is 12.2 Å². The highest BCUT2D eigenvalue weighted by atomic mass is 19.1. The lowest BCUT2D eigenvalue weighted by Gasteiger charge is -2.04. The summed E-state index contributed by atoms with van der Waals surface area (Å²) in [6.45, 7) is 0.229. The molecule has 0 N–H and O–H groups in total. The number of nitrogens with zero attached hydrogens (tertiary/aromatic N) is 4. The van der Waals surface area contributed by atoms with Crippen molar-refractivity contribution < 1.29 is 8.78 Å². The molecule has 0 radical (unpaired) electrons. The maximum atomic E-state index is 13.0. The Morgan fingerprint density at radius 1 is 0.920 bits per heavy atom. The number of benzene rings is 2. The van der Waals surface area contributed by atoms with E-state index in [1.165, 1.54) is 39.8 Å². The lowest BCUT2D eigenvalue weighted by molar-refractivity contribution is 0.611. The minimum absolute atomic E-state index is 0.229. The van der Waals surface area contributed by atoms with Crippen molar-refractivity contribution in [2.24, 2.45) is 0 Å². The summed E-state index contributed by atoms with van der Waals surface area (Å²) in [5, 5.41) is 8.40. The highest BCUT2D eigenvalue weighted by Crippen LogP contribution is 2.18. The fraction of sp³-hybridized carbons (Fsp3) is 0.0556. The van der Waals surface area contributed by atoms with Gasteiger partial charge in [-0.1, -0.05) is 12.1 Å². The van der Waals surface area contributed by atoms with Gasteiger partial charge in [0.25, 0.3) is 5.56 Å². The summed E-state index contributed by atoms with van der Waals surface area (Å²) in [6, 6.07) is 13.4. The van der Waals surface area contributed by atoms with E-state index in [1.54, 1.807) is 30.3 Å². The van der Waals surface area contributed by atoms with Crippen LogP contribution in [0.1, 0.15) is 5.56 Å². The average molecular weight is 338 g/mol. The summed E-state index contributed by atoms with van der Waals surface area (Å²) >= 11 is 0. The minimum Gasteiger partial charge on any atom is -0.265 e. The van der Waals surface area contributed by atoms with E-state index in [0.29, 0.717) is 16.8 Å². The zero-order valence-electron chi connectivity index (χ0n) is 12.9. The summed E-state index contributed by atoms with van der Waals surface area (Å²) in [5.41, 5.74) is 2.07. The van der Waals surface area contributed by atoms with Gasteiger partial charge in [0.1, 0.15) is 23.5 Å². The van der Waals surface area contributed by atoms with Crippen LogP contribution in [0.3, 0.4) is 0 Å². The number of aromatic nitrogens is 4. The van der Waals surface area contributed by atoms with Gasteiger partial charge in [0.15, 0.2) is 0 Å². The lowest BCUT2D eigenvalue weighted by atomic mass is 10.1. The maximum Gasteiger partial charge on any atom is 0.293 e. The van der Waals surface area contributed by atoms with Gasteiger partial charge in [-0.25, -0.2) is 18.0 Å². The Balaban J connectivity index is 1.73. The summed E-state index contributed by atoms with van der Waals surface area (Å²) in [5.74, 6) is -0.671. The van der Waals surface area contributed by atoms with Gasteiger partial charge in [-0.2, -0.15) is 10.2 Å². The van der Waals surface area contributed by atoms with E-state index in [4.69, 9.17) is 0 Å². The van der Waals surface area contributed by atoms with Crippen LogP contribution in [0.4, 0.5) is 8.78 Å². The molecule has 7 heteroatoms. The van der Waals surface area contributed by atoms with E-state index >= 15 is 0 Å². The van der Waals surface area contributed by atoms with Crippen molar-refractivity contribution in [2.45, 2.75) is 6.54 Å². The Bertz CT molecular complexity index is 1100. The Morgan fingerprint density at radius 2 is 1.56 bits per heavy atom. The maximum absolute atomic E-state index is 13.0. The zero-order valence-corrected chi connectivity index (χ0v) is 12.9. The van der Waals surface area contributed by atoms with E-state index in [1.807, 2.05) is 0 Å². The van der Waals surface area contributed by atoms with Gasteiger partial charge in [-0.05, 0) is 48.0 Å². The fourth-order valence-corrected chi connectivity index (χ4v) is 2.58. The monoisotopic (exact) mass is 338 g/mol. The largest absolute Gasteiger partial charge is 0.293 e. The minimum atomic E-state index is -0.337. The predicted molar refractivity (Wildman–Crippen MR) is 88.1 cm³/mol. The third kappa shape index (κ3) is 2.91. The molecule has 0 saturated heterocycles. The van der Waals surface area contributed by atoms with Crippen molar-refractivity contribution in [1.82, 2.24) is 19.4 Å². The van der Waals surface area contributed by atoms with E-state index in [9.17, 15) is 13.6 Å². The first kappa shape index (κ1) is 15.2. The second-order valence-corrected chi connectivity index (χ2v) is 5.59. The standard InChI is InChI=1S/C18H12F2N4O/c19-14-5-1-12(2-6-14)10-23-18(25)17-9-16(22-24(17)11-21-23)13-3-7-15(20)8-4-13/h1-9,11H,10H2.